The van der Waals surface area contributed by atoms with E-state index in [-0.39, 0.29) is 23.7 Å². The Bertz CT molecular complexity index is 440. The molecule has 1 N–H and O–H groups in total. The van der Waals surface area contributed by atoms with Crippen LogP contribution in [0.1, 0.15) is 44.9 Å². The van der Waals surface area contributed by atoms with Crippen LogP contribution in [0.5, 0.6) is 0 Å². The van der Waals surface area contributed by atoms with E-state index in [2.05, 4.69) is 30.9 Å². The Kier molecular flexibility index (Phi) is 5.09. The molecule has 5 heteroatoms. The first-order valence-corrected chi connectivity index (χ1v) is 8.87. The van der Waals surface area contributed by atoms with Gasteiger partial charge in [-0.2, -0.15) is 0 Å². The number of hydrogen-bond donors (Lipinski definition) is 1. The number of carbonyl (C=O) groups is 1. The highest BCUT2D eigenvalue weighted by Crippen LogP contribution is 2.42. The van der Waals surface area contributed by atoms with Gasteiger partial charge in [0.2, 0.25) is 5.91 Å². The molecule has 3 aliphatic rings. The topological polar surface area (TPSA) is 54.1 Å². The van der Waals surface area contributed by atoms with Gasteiger partial charge in [-0.1, -0.05) is 6.08 Å². The lowest BCUT2D eigenvalue weighted by atomic mass is 9.89. The molecular weight excluding hydrogens is 292 g/mol. The molecule has 1 unspecified atom stereocenters. The number of nitrogens with zero attached hydrogens (tertiary/aromatic N) is 1. The smallest absolute Gasteiger partial charge is 0.222 e. The van der Waals surface area contributed by atoms with Gasteiger partial charge in [0.1, 0.15) is 0 Å². The highest BCUT2D eigenvalue weighted by atomic mass is 16.6. The minimum Gasteiger partial charge on any atom is -0.370 e. The molecule has 5 nitrogen and oxygen atoms in total. The van der Waals surface area contributed by atoms with Crippen LogP contribution < -0.4 is 5.32 Å². The van der Waals surface area contributed by atoms with Gasteiger partial charge in [0, 0.05) is 24.9 Å². The third-order valence-corrected chi connectivity index (χ3v) is 5.56. The number of epoxide rings is 1. The number of hydrogen-bond acceptors (Lipinski definition) is 4. The van der Waals surface area contributed by atoms with E-state index in [1.807, 2.05) is 6.08 Å². The number of carbonyl (C=O) groups excluding carboxylic acids is 1. The Labute approximate surface area is 139 Å². The van der Waals surface area contributed by atoms with Crippen LogP contribution in [-0.2, 0) is 14.3 Å². The van der Waals surface area contributed by atoms with E-state index in [0.717, 1.165) is 45.1 Å². The average Bonchev–Trinajstić information content (AvgIpc) is 3.25. The quantitative estimate of drug-likeness (QED) is 0.620. The van der Waals surface area contributed by atoms with Crippen molar-refractivity contribution in [3.8, 4) is 0 Å². The molecule has 1 amide bonds. The van der Waals surface area contributed by atoms with E-state index in [4.69, 9.17) is 9.47 Å². The third-order valence-electron chi connectivity index (χ3n) is 5.56. The fourth-order valence-electron chi connectivity index (χ4n) is 4.04. The molecule has 0 radical (unpaired) electrons. The van der Waals surface area contributed by atoms with Crippen molar-refractivity contribution < 1.29 is 14.3 Å². The van der Waals surface area contributed by atoms with Crippen molar-refractivity contribution in [2.75, 3.05) is 20.7 Å². The molecule has 3 fully saturated rings. The second kappa shape index (κ2) is 6.91. The number of ether oxygens (including phenoxy) is 2. The first kappa shape index (κ1) is 16.9. The second-order valence-corrected chi connectivity index (χ2v) is 7.65. The fraction of sp³-hybridized carbons (Fsp3) is 0.833. The lowest BCUT2D eigenvalue weighted by Crippen LogP contribution is -2.44. The second-order valence-electron chi connectivity index (χ2n) is 7.65. The molecule has 1 aliphatic carbocycles. The van der Waals surface area contributed by atoms with Gasteiger partial charge < -0.3 is 19.7 Å². The summed E-state index contributed by atoms with van der Waals surface area (Å²) in [7, 11) is 4.27. The van der Waals surface area contributed by atoms with Crippen LogP contribution in [0.4, 0.5) is 0 Å². The van der Waals surface area contributed by atoms with Gasteiger partial charge in [0.15, 0.2) is 0 Å². The van der Waals surface area contributed by atoms with Crippen molar-refractivity contribution in [2.45, 2.75) is 74.8 Å². The van der Waals surface area contributed by atoms with Crippen LogP contribution in [0.3, 0.4) is 0 Å². The van der Waals surface area contributed by atoms with Crippen molar-refractivity contribution in [3.63, 3.8) is 0 Å². The van der Waals surface area contributed by atoms with Gasteiger partial charge in [-0.3, -0.25) is 4.79 Å². The van der Waals surface area contributed by atoms with Crippen LogP contribution in [0.2, 0.25) is 0 Å². The van der Waals surface area contributed by atoms with Crippen LogP contribution in [0.15, 0.2) is 12.7 Å². The minimum atomic E-state index is -0.0487. The Balaban J connectivity index is 1.43. The molecule has 3 atom stereocenters. The van der Waals surface area contributed by atoms with Crippen LogP contribution in [0.25, 0.3) is 0 Å². The number of amides is 1. The van der Waals surface area contributed by atoms with Crippen molar-refractivity contribution in [2.24, 2.45) is 0 Å². The van der Waals surface area contributed by atoms with E-state index in [1.165, 1.54) is 0 Å². The SMILES string of the molecule is C=C[C@@H]1C[C@]2(CO2)CC(CC(=O)NC2CCC(N(C)C)CC2)O1. The van der Waals surface area contributed by atoms with Gasteiger partial charge in [0.05, 0.1) is 30.8 Å². The molecule has 0 aromatic rings. The van der Waals surface area contributed by atoms with Crippen molar-refractivity contribution >= 4 is 5.91 Å². The molecule has 2 aliphatic heterocycles. The summed E-state index contributed by atoms with van der Waals surface area (Å²) in [6.45, 7) is 4.62. The minimum absolute atomic E-state index is 0.0135. The van der Waals surface area contributed by atoms with Crippen LogP contribution >= 0.6 is 0 Å². The third kappa shape index (κ3) is 4.34. The predicted molar refractivity (Wildman–Crippen MR) is 89.3 cm³/mol. The summed E-state index contributed by atoms with van der Waals surface area (Å²) in [6.07, 6.45) is 8.40. The fourth-order valence-corrected chi connectivity index (χ4v) is 4.04. The van der Waals surface area contributed by atoms with Gasteiger partial charge in [-0.25, -0.2) is 0 Å². The van der Waals surface area contributed by atoms with E-state index in [9.17, 15) is 4.79 Å². The Morgan fingerprint density at radius 3 is 2.57 bits per heavy atom. The summed E-state index contributed by atoms with van der Waals surface area (Å²) in [4.78, 5) is 14.6. The zero-order valence-corrected chi connectivity index (χ0v) is 14.4. The largest absolute Gasteiger partial charge is 0.370 e. The molecule has 1 saturated carbocycles. The number of rotatable bonds is 5. The lowest BCUT2D eigenvalue weighted by Gasteiger charge is -2.34. The summed E-state index contributed by atoms with van der Waals surface area (Å²) >= 11 is 0. The molecule has 23 heavy (non-hydrogen) atoms. The van der Waals surface area contributed by atoms with Gasteiger partial charge >= 0.3 is 0 Å². The highest BCUT2D eigenvalue weighted by molar-refractivity contribution is 5.76. The zero-order valence-electron chi connectivity index (χ0n) is 14.4. The van der Waals surface area contributed by atoms with Gasteiger partial charge in [-0.15, -0.1) is 6.58 Å². The van der Waals surface area contributed by atoms with Crippen LogP contribution in [-0.4, -0.2) is 61.4 Å². The summed E-state index contributed by atoms with van der Waals surface area (Å²) in [6, 6.07) is 0.980. The first-order valence-electron chi connectivity index (χ1n) is 8.87. The Morgan fingerprint density at radius 2 is 2.00 bits per heavy atom. The van der Waals surface area contributed by atoms with E-state index in [0.29, 0.717) is 18.5 Å². The van der Waals surface area contributed by atoms with E-state index < -0.39 is 0 Å². The standard InChI is InChI=1S/C18H30N2O3/c1-4-15-10-18(12-22-18)11-16(23-15)9-17(21)19-13-5-7-14(8-6-13)20(2)3/h4,13-16H,1,5-12H2,2-3H3,(H,19,21)/t13?,14?,15-,16?,18-/m1/s1. The van der Waals surface area contributed by atoms with Crippen molar-refractivity contribution in [1.29, 1.82) is 0 Å². The molecule has 3 rings (SSSR count). The molecular formula is C18H30N2O3. The van der Waals surface area contributed by atoms with Gasteiger partial charge in [-0.05, 0) is 39.8 Å². The van der Waals surface area contributed by atoms with Crippen molar-refractivity contribution in [1.82, 2.24) is 10.2 Å². The molecule has 0 aromatic heterocycles. The highest BCUT2D eigenvalue weighted by Gasteiger charge is 2.51. The maximum atomic E-state index is 12.4. The van der Waals surface area contributed by atoms with E-state index in [1.54, 1.807) is 0 Å². The monoisotopic (exact) mass is 322 g/mol. The summed E-state index contributed by atoms with van der Waals surface area (Å²) in [5.74, 6) is 0.115. The Hall–Kier alpha value is -0.910. The lowest BCUT2D eigenvalue weighted by molar-refractivity contribution is -0.128. The first-order chi connectivity index (χ1) is 11.0. The maximum Gasteiger partial charge on any atom is 0.222 e. The van der Waals surface area contributed by atoms with E-state index >= 15 is 0 Å². The number of nitrogens with one attached hydrogen (secondary N) is 1. The summed E-state index contributed by atoms with van der Waals surface area (Å²) in [5, 5.41) is 3.20. The Morgan fingerprint density at radius 1 is 1.30 bits per heavy atom. The zero-order chi connectivity index (χ0) is 16.4. The maximum absolute atomic E-state index is 12.4. The van der Waals surface area contributed by atoms with Crippen molar-refractivity contribution in [3.05, 3.63) is 12.7 Å². The normalized spacial score (nSPS) is 40.1. The van der Waals surface area contributed by atoms with Crippen LogP contribution in [0, 0.1) is 0 Å². The average molecular weight is 322 g/mol. The molecule has 2 heterocycles. The molecule has 0 aromatic carbocycles. The molecule has 130 valence electrons. The molecule has 2 saturated heterocycles. The predicted octanol–water partition coefficient (Wildman–Crippen LogP) is 1.87. The van der Waals surface area contributed by atoms with Gasteiger partial charge in [0.25, 0.3) is 0 Å². The molecule has 1 spiro atoms. The molecule has 0 bridgehead atoms. The summed E-state index contributed by atoms with van der Waals surface area (Å²) in [5.41, 5.74) is -0.0359. The summed E-state index contributed by atoms with van der Waals surface area (Å²) < 4.78 is 11.6.